The largest absolute Gasteiger partial charge is 0.301 e. The highest BCUT2D eigenvalue weighted by atomic mass is 35.5. The lowest BCUT2D eigenvalue weighted by Gasteiger charge is -2.38. The molecule has 1 unspecified atom stereocenters. The van der Waals surface area contributed by atoms with Gasteiger partial charge in [0.1, 0.15) is 4.21 Å². The van der Waals surface area contributed by atoms with Gasteiger partial charge in [-0.15, -0.1) is 22.9 Å². The van der Waals surface area contributed by atoms with Gasteiger partial charge >= 0.3 is 0 Å². The third-order valence-corrected chi connectivity index (χ3v) is 7.45. The molecule has 20 heavy (non-hydrogen) atoms. The molecule has 1 aromatic rings. The zero-order chi connectivity index (χ0) is 14.8. The zero-order valence-corrected chi connectivity index (χ0v) is 14.3. The minimum Gasteiger partial charge on any atom is -0.301 e. The number of likely N-dealkylation sites (N-methyl/N-ethyl adjacent to an activating group) is 1. The fraction of sp³-hybridized carbons (Fsp3) is 0.692. The van der Waals surface area contributed by atoms with Crippen LogP contribution in [-0.4, -0.2) is 56.2 Å². The zero-order valence-electron chi connectivity index (χ0n) is 11.9. The summed E-state index contributed by atoms with van der Waals surface area (Å²) in [6.07, 6.45) is 1.69. The topological polar surface area (TPSA) is 40.6 Å². The molecule has 0 amide bonds. The lowest BCUT2D eigenvalue weighted by molar-refractivity contribution is 0.144. The molecule has 7 heteroatoms. The van der Waals surface area contributed by atoms with Gasteiger partial charge in [0.05, 0.1) is 0 Å². The molecule has 0 radical (unpaired) electrons. The summed E-state index contributed by atoms with van der Waals surface area (Å²) in [6, 6.07) is 3.88. The Balaban J connectivity index is 2.17. The van der Waals surface area contributed by atoms with Crippen LogP contribution >= 0.6 is 22.9 Å². The van der Waals surface area contributed by atoms with E-state index in [9.17, 15) is 8.42 Å². The van der Waals surface area contributed by atoms with Crippen molar-refractivity contribution in [1.29, 1.82) is 0 Å². The molecule has 0 spiro atoms. The van der Waals surface area contributed by atoms with Crippen molar-refractivity contribution in [2.75, 3.05) is 32.6 Å². The quantitative estimate of drug-likeness (QED) is 0.774. The number of aryl methyl sites for hydroxylation is 1. The molecular formula is C13H21ClN2O2S2. The van der Waals surface area contributed by atoms with Crippen molar-refractivity contribution in [3.8, 4) is 0 Å². The van der Waals surface area contributed by atoms with Crippen molar-refractivity contribution in [2.45, 2.75) is 30.0 Å². The summed E-state index contributed by atoms with van der Waals surface area (Å²) in [5, 5.41) is 0. The molecule has 0 aromatic carbocycles. The van der Waals surface area contributed by atoms with Gasteiger partial charge in [-0.3, -0.25) is 0 Å². The van der Waals surface area contributed by atoms with Gasteiger partial charge in [0.15, 0.2) is 0 Å². The van der Waals surface area contributed by atoms with Gasteiger partial charge in [0.25, 0.3) is 10.0 Å². The summed E-state index contributed by atoms with van der Waals surface area (Å²) in [4.78, 5) is 3.26. The molecule has 0 saturated carbocycles. The average Bonchev–Trinajstić information content (AvgIpc) is 2.89. The standard InChI is InChI=1S/C13H21ClN2O2S2/c1-3-11-10-16(9-8-15(11)2)20(17,18)13-5-4-12(19-13)6-7-14/h4-5,11H,3,6-10H2,1-2H3. The van der Waals surface area contributed by atoms with Crippen LogP contribution in [-0.2, 0) is 16.4 Å². The van der Waals surface area contributed by atoms with Crippen LogP contribution in [0, 0.1) is 0 Å². The van der Waals surface area contributed by atoms with E-state index in [4.69, 9.17) is 11.6 Å². The molecule has 1 aliphatic heterocycles. The van der Waals surface area contributed by atoms with E-state index < -0.39 is 10.0 Å². The van der Waals surface area contributed by atoms with Crippen LogP contribution in [0.4, 0.5) is 0 Å². The average molecular weight is 337 g/mol. The van der Waals surface area contributed by atoms with E-state index in [1.165, 1.54) is 11.3 Å². The Morgan fingerprint density at radius 3 is 2.80 bits per heavy atom. The first-order valence-electron chi connectivity index (χ1n) is 6.84. The maximum Gasteiger partial charge on any atom is 0.252 e. The van der Waals surface area contributed by atoms with E-state index in [-0.39, 0.29) is 0 Å². The third kappa shape index (κ3) is 3.36. The molecule has 2 heterocycles. The second kappa shape index (κ2) is 6.75. The maximum absolute atomic E-state index is 12.7. The molecule has 1 aromatic heterocycles. The molecule has 0 aliphatic carbocycles. The molecule has 1 atom stereocenters. The van der Waals surface area contributed by atoms with E-state index >= 15 is 0 Å². The monoisotopic (exact) mass is 336 g/mol. The fourth-order valence-electron chi connectivity index (χ4n) is 2.43. The van der Waals surface area contributed by atoms with Crippen molar-refractivity contribution in [2.24, 2.45) is 0 Å². The first-order chi connectivity index (χ1) is 9.48. The van der Waals surface area contributed by atoms with Gasteiger partial charge in [0.2, 0.25) is 0 Å². The van der Waals surface area contributed by atoms with Crippen LogP contribution in [0.2, 0.25) is 0 Å². The molecule has 1 saturated heterocycles. The number of alkyl halides is 1. The summed E-state index contributed by atoms with van der Waals surface area (Å²) in [5.41, 5.74) is 0. The number of hydrogen-bond donors (Lipinski definition) is 0. The summed E-state index contributed by atoms with van der Waals surface area (Å²) < 4.78 is 27.4. The van der Waals surface area contributed by atoms with Gasteiger partial charge in [-0.25, -0.2) is 8.42 Å². The van der Waals surface area contributed by atoms with E-state index in [1.54, 1.807) is 10.4 Å². The van der Waals surface area contributed by atoms with Crippen molar-refractivity contribution in [3.05, 3.63) is 17.0 Å². The van der Waals surface area contributed by atoms with Gasteiger partial charge < -0.3 is 4.90 Å². The molecule has 1 aliphatic rings. The van der Waals surface area contributed by atoms with Crippen LogP contribution in [0.5, 0.6) is 0 Å². The minimum absolute atomic E-state index is 0.306. The number of sulfonamides is 1. The lowest BCUT2D eigenvalue weighted by atomic mass is 10.1. The first-order valence-corrected chi connectivity index (χ1v) is 9.63. The Hall–Kier alpha value is -0.140. The number of rotatable bonds is 5. The van der Waals surface area contributed by atoms with Crippen LogP contribution in [0.25, 0.3) is 0 Å². The van der Waals surface area contributed by atoms with Crippen molar-refractivity contribution < 1.29 is 8.42 Å². The number of thiophene rings is 1. The Morgan fingerprint density at radius 2 is 2.15 bits per heavy atom. The van der Waals surface area contributed by atoms with Crippen LogP contribution in [0.1, 0.15) is 18.2 Å². The number of halogens is 1. The Kier molecular flexibility index (Phi) is 5.48. The third-order valence-electron chi connectivity index (χ3n) is 3.78. The Labute approximate surface area is 130 Å². The van der Waals surface area contributed by atoms with E-state index in [1.807, 2.05) is 6.07 Å². The van der Waals surface area contributed by atoms with E-state index in [2.05, 4.69) is 18.9 Å². The molecule has 114 valence electrons. The lowest BCUT2D eigenvalue weighted by Crippen LogP contribution is -2.52. The molecule has 0 N–H and O–H groups in total. The van der Waals surface area contributed by atoms with Gasteiger partial charge in [-0.2, -0.15) is 4.31 Å². The highest BCUT2D eigenvalue weighted by molar-refractivity contribution is 7.91. The van der Waals surface area contributed by atoms with Crippen molar-refractivity contribution in [3.63, 3.8) is 0 Å². The first kappa shape index (κ1) is 16.2. The highest BCUT2D eigenvalue weighted by Gasteiger charge is 2.32. The normalized spacial score (nSPS) is 22.2. The SMILES string of the molecule is CCC1CN(S(=O)(=O)c2ccc(CCCl)s2)CCN1C. The van der Waals surface area contributed by atoms with E-state index in [0.717, 1.165) is 24.3 Å². The molecular weight excluding hydrogens is 316 g/mol. The number of nitrogens with zero attached hydrogens (tertiary/aromatic N) is 2. The van der Waals surface area contributed by atoms with Gasteiger partial charge in [0, 0.05) is 36.4 Å². The van der Waals surface area contributed by atoms with Crippen molar-refractivity contribution in [1.82, 2.24) is 9.21 Å². The smallest absolute Gasteiger partial charge is 0.252 e. The summed E-state index contributed by atoms with van der Waals surface area (Å²) in [5.74, 6) is 0.520. The predicted octanol–water partition coefficient (Wildman–Crippen LogP) is 2.24. The molecule has 4 nitrogen and oxygen atoms in total. The maximum atomic E-state index is 12.7. The number of piperazine rings is 1. The van der Waals surface area contributed by atoms with Crippen LogP contribution in [0.3, 0.4) is 0 Å². The Morgan fingerprint density at radius 1 is 1.40 bits per heavy atom. The van der Waals surface area contributed by atoms with E-state index in [0.29, 0.717) is 29.2 Å². The Bertz CT molecular complexity index is 544. The summed E-state index contributed by atoms with van der Waals surface area (Å²) in [6.45, 7) is 4.04. The second-order valence-electron chi connectivity index (χ2n) is 5.07. The highest BCUT2D eigenvalue weighted by Crippen LogP contribution is 2.27. The second-order valence-corrected chi connectivity index (χ2v) is 8.78. The van der Waals surface area contributed by atoms with Crippen LogP contribution < -0.4 is 0 Å². The fourth-order valence-corrected chi connectivity index (χ4v) is 5.72. The summed E-state index contributed by atoms with van der Waals surface area (Å²) in [7, 11) is -1.29. The van der Waals surface area contributed by atoms with Crippen LogP contribution in [0.15, 0.2) is 16.3 Å². The van der Waals surface area contributed by atoms with Gasteiger partial charge in [-0.05, 0) is 32.0 Å². The minimum atomic E-state index is -3.34. The summed E-state index contributed by atoms with van der Waals surface area (Å²) >= 11 is 7.04. The predicted molar refractivity (Wildman–Crippen MR) is 84.2 cm³/mol. The van der Waals surface area contributed by atoms with Crippen molar-refractivity contribution >= 4 is 33.0 Å². The van der Waals surface area contributed by atoms with Gasteiger partial charge in [-0.1, -0.05) is 6.92 Å². The molecule has 1 fully saturated rings. The molecule has 0 bridgehead atoms. The number of hydrogen-bond acceptors (Lipinski definition) is 4. The molecule has 2 rings (SSSR count).